The van der Waals surface area contributed by atoms with Gasteiger partial charge in [0.25, 0.3) is 0 Å². The molecule has 0 saturated heterocycles. The molecule has 0 spiro atoms. The third-order valence-electron chi connectivity index (χ3n) is 3.48. The minimum Gasteiger partial charge on any atom is -0.339 e. The number of aryl methyl sites for hydroxylation is 1. The normalized spacial score (nSPS) is 13.5. The molecule has 0 bridgehead atoms. The Labute approximate surface area is 139 Å². The molecule has 3 aromatic rings. The highest BCUT2D eigenvalue weighted by molar-refractivity contribution is 7.93. The Hall–Kier alpha value is -2.54. The van der Waals surface area contributed by atoms with Crippen LogP contribution in [0, 0.1) is 12.7 Å². The molecule has 5 nitrogen and oxygen atoms in total. The van der Waals surface area contributed by atoms with Crippen molar-refractivity contribution in [3.8, 4) is 11.4 Å². The smallest absolute Gasteiger partial charge is 0.223 e. The Kier molecular flexibility index (Phi) is 4.44. The average molecular weight is 345 g/mol. The van der Waals surface area contributed by atoms with E-state index >= 15 is 0 Å². The number of hydrogen-bond donors (Lipinski definition) is 0. The third-order valence-corrected chi connectivity index (χ3v) is 5.25. The van der Waals surface area contributed by atoms with Crippen LogP contribution in [0.25, 0.3) is 11.4 Å². The predicted octanol–water partition coefficient (Wildman–Crippen LogP) is 3.84. The Bertz CT molecular complexity index is 956. The molecule has 24 heavy (non-hydrogen) atoms. The van der Waals surface area contributed by atoms with Crippen molar-refractivity contribution in [1.82, 2.24) is 10.1 Å². The van der Waals surface area contributed by atoms with Crippen LogP contribution in [-0.2, 0) is 16.3 Å². The van der Waals surface area contributed by atoms with Gasteiger partial charge in [-0.25, -0.2) is 13.0 Å². The largest absolute Gasteiger partial charge is 0.339 e. The second kappa shape index (κ2) is 6.52. The van der Waals surface area contributed by atoms with E-state index < -0.39 is 9.73 Å². The molecule has 2 aromatic carbocycles. The first-order valence-electron chi connectivity index (χ1n) is 7.27. The fourth-order valence-electron chi connectivity index (χ4n) is 2.14. The highest BCUT2D eigenvalue weighted by Crippen LogP contribution is 2.20. The van der Waals surface area contributed by atoms with Gasteiger partial charge in [0.05, 0.1) is 16.3 Å². The van der Waals surface area contributed by atoms with Crippen molar-refractivity contribution in [2.24, 2.45) is 4.36 Å². The van der Waals surface area contributed by atoms with Crippen LogP contribution in [0.15, 0.2) is 62.3 Å². The summed E-state index contributed by atoms with van der Waals surface area (Å²) < 4.78 is 34.9. The molecular formula is C17H16FN3O2S. The molecule has 1 atom stereocenters. The topological polar surface area (TPSA) is 68.3 Å². The van der Waals surface area contributed by atoms with E-state index in [9.17, 15) is 8.60 Å². The summed E-state index contributed by atoms with van der Waals surface area (Å²) in [5.41, 5.74) is 1.59. The quantitative estimate of drug-likeness (QED) is 0.720. The van der Waals surface area contributed by atoms with Crippen molar-refractivity contribution in [2.75, 3.05) is 6.26 Å². The lowest BCUT2D eigenvalue weighted by molar-refractivity contribution is 0.394. The molecule has 1 unspecified atom stereocenters. The summed E-state index contributed by atoms with van der Waals surface area (Å²) in [7, 11) is -2.55. The molecule has 0 fully saturated rings. The predicted molar refractivity (Wildman–Crippen MR) is 89.3 cm³/mol. The first-order chi connectivity index (χ1) is 11.4. The molecule has 3 rings (SSSR count). The Morgan fingerprint density at radius 3 is 2.38 bits per heavy atom. The first-order valence-corrected chi connectivity index (χ1v) is 9.19. The van der Waals surface area contributed by atoms with Gasteiger partial charge in [-0.15, -0.1) is 0 Å². The van der Waals surface area contributed by atoms with Crippen molar-refractivity contribution < 1.29 is 13.1 Å². The zero-order valence-electron chi connectivity index (χ0n) is 13.3. The molecule has 1 aromatic heterocycles. The van der Waals surface area contributed by atoms with Gasteiger partial charge in [-0.1, -0.05) is 17.3 Å². The van der Waals surface area contributed by atoms with Crippen molar-refractivity contribution in [2.45, 2.75) is 18.4 Å². The van der Waals surface area contributed by atoms with Crippen LogP contribution in [0.3, 0.4) is 0 Å². The van der Waals surface area contributed by atoms with Crippen LogP contribution in [0.1, 0.15) is 11.5 Å². The average Bonchev–Trinajstić information content (AvgIpc) is 3.01. The van der Waals surface area contributed by atoms with E-state index in [-0.39, 0.29) is 12.4 Å². The number of hydrogen-bond acceptors (Lipinski definition) is 5. The number of halogens is 1. The maximum absolute atomic E-state index is 12.9. The van der Waals surface area contributed by atoms with Gasteiger partial charge in [-0.05, 0) is 42.0 Å². The zero-order valence-corrected chi connectivity index (χ0v) is 14.1. The van der Waals surface area contributed by atoms with E-state index in [1.807, 2.05) is 0 Å². The fourth-order valence-corrected chi connectivity index (χ4v) is 3.32. The Morgan fingerprint density at radius 1 is 1.12 bits per heavy atom. The molecule has 0 aliphatic carbocycles. The van der Waals surface area contributed by atoms with E-state index in [2.05, 4.69) is 14.5 Å². The molecule has 0 N–H and O–H groups in total. The summed E-state index contributed by atoms with van der Waals surface area (Å²) >= 11 is 0. The van der Waals surface area contributed by atoms with Crippen LogP contribution in [0.4, 0.5) is 4.39 Å². The molecular weight excluding hydrogens is 329 g/mol. The number of rotatable bonds is 4. The van der Waals surface area contributed by atoms with Crippen LogP contribution in [0.5, 0.6) is 0 Å². The first kappa shape index (κ1) is 16.3. The zero-order chi connectivity index (χ0) is 17.2. The van der Waals surface area contributed by atoms with E-state index in [0.29, 0.717) is 16.6 Å². The maximum Gasteiger partial charge on any atom is 0.223 e. The third kappa shape index (κ3) is 3.68. The lowest BCUT2D eigenvalue weighted by atomic mass is 10.2. The summed E-state index contributed by atoms with van der Waals surface area (Å²) in [5.74, 6) is 0.677. The van der Waals surface area contributed by atoms with Crippen molar-refractivity contribution in [3.63, 3.8) is 0 Å². The molecule has 0 saturated carbocycles. The van der Waals surface area contributed by atoms with Gasteiger partial charge in [-0.2, -0.15) is 4.98 Å². The van der Waals surface area contributed by atoms with Gasteiger partial charge in [-0.3, -0.25) is 0 Å². The molecule has 1 heterocycles. The standard InChI is InChI=1S/C17H16FN3O2S/c1-12-20-17(21-23-12)14-5-9-16(10-6-14)24(2,22)19-11-13-3-7-15(18)8-4-13/h3-10H,11H2,1-2H3. The molecule has 124 valence electrons. The molecule has 7 heteroatoms. The van der Waals surface area contributed by atoms with Crippen LogP contribution in [-0.4, -0.2) is 20.6 Å². The van der Waals surface area contributed by atoms with E-state index in [0.717, 1.165) is 11.1 Å². The second-order valence-electron chi connectivity index (χ2n) is 5.38. The van der Waals surface area contributed by atoms with E-state index in [1.165, 1.54) is 12.1 Å². The van der Waals surface area contributed by atoms with Gasteiger partial charge in [0.1, 0.15) is 5.82 Å². The van der Waals surface area contributed by atoms with Crippen LogP contribution >= 0.6 is 0 Å². The Balaban J connectivity index is 1.82. The van der Waals surface area contributed by atoms with Crippen LogP contribution < -0.4 is 0 Å². The van der Waals surface area contributed by atoms with Gasteiger partial charge < -0.3 is 4.52 Å². The fraction of sp³-hybridized carbons (Fsp3) is 0.176. The maximum atomic E-state index is 12.9. The summed E-state index contributed by atoms with van der Waals surface area (Å²) in [5, 5.41) is 3.85. The summed E-state index contributed by atoms with van der Waals surface area (Å²) in [6.45, 7) is 1.99. The molecule has 0 radical (unpaired) electrons. The lowest BCUT2D eigenvalue weighted by Crippen LogP contribution is -1.99. The van der Waals surface area contributed by atoms with Crippen molar-refractivity contribution in [1.29, 1.82) is 0 Å². The van der Waals surface area contributed by atoms with Crippen LogP contribution in [0.2, 0.25) is 0 Å². The van der Waals surface area contributed by atoms with Gasteiger partial charge in [0.2, 0.25) is 11.7 Å². The number of benzene rings is 2. The van der Waals surface area contributed by atoms with Gasteiger partial charge >= 0.3 is 0 Å². The second-order valence-corrected chi connectivity index (χ2v) is 7.71. The lowest BCUT2D eigenvalue weighted by Gasteiger charge is -2.06. The SMILES string of the molecule is Cc1nc(-c2ccc(S(C)(=O)=NCc3ccc(F)cc3)cc2)no1. The molecule has 0 aliphatic heterocycles. The molecule has 0 amide bonds. The monoisotopic (exact) mass is 345 g/mol. The van der Waals surface area contributed by atoms with Gasteiger partial charge in [0, 0.05) is 23.6 Å². The van der Waals surface area contributed by atoms with Crippen molar-refractivity contribution in [3.05, 3.63) is 65.8 Å². The molecule has 0 aliphatic rings. The summed E-state index contributed by atoms with van der Waals surface area (Å²) in [6.07, 6.45) is 1.59. The summed E-state index contributed by atoms with van der Waals surface area (Å²) in [6, 6.07) is 13.1. The summed E-state index contributed by atoms with van der Waals surface area (Å²) in [4.78, 5) is 4.77. The minimum absolute atomic E-state index is 0.265. The van der Waals surface area contributed by atoms with E-state index in [1.54, 1.807) is 49.6 Å². The van der Waals surface area contributed by atoms with Gasteiger partial charge in [0.15, 0.2) is 0 Å². The van der Waals surface area contributed by atoms with E-state index in [4.69, 9.17) is 4.52 Å². The number of aromatic nitrogens is 2. The Morgan fingerprint density at radius 2 is 1.79 bits per heavy atom. The van der Waals surface area contributed by atoms with Crippen molar-refractivity contribution >= 4 is 9.73 Å². The minimum atomic E-state index is -2.55. The number of nitrogens with zero attached hydrogens (tertiary/aromatic N) is 3. The highest BCUT2D eigenvalue weighted by Gasteiger charge is 2.09. The highest BCUT2D eigenvalue weighted by atomic mass is 32.2.